The van der Waals surface area contributed by atoms with Crippen molar-refractivity contribution in [2.45, 2.75) is 20.8 Å². The Labute approximate surface area is 148 Å². The molecule has 2 N–H and O–H groups in total. The third kappa shape index (κ3) is 7.80. The van der Waals surface area contributed by atoms with Gasteiger partial charge in [-0.15, -0.1) is 0 Å². The first-order valence-electron chi connectivity index (χ1n) is 8.24. The average molecular weight is 349 g/mol. The SMILES string of the molecule is COCCN(CC(=O)NCC(=O)Nc1ccc(C)cc1)C(=O)C(C)C. The van der Waals surface area contributed by atoms with Gasteiger partial charge in [0.2, 0.25) is 17.7 Å². The Morgan fingerprint density at radius 3 is 2.32 bits per heavy atom. The highest BCUT2D eigenvalue weighted by Crippen LogP contribution is 2.08. The number of ether oxygens (including phenoxy) is 1. The van der Waals surface area contributed by atoms with E-state index in [4.69, 9.17) is 4.74 Å². The van der Waals surface area contributed by atoms with E-state index < -0.39 is 0 Å². The molecular weight excluding hydrogens is 322 g/mol. The second-order valence-corrected chi connectivity index (χ2v) is 6.10. The van der Waals surface area contributed by atoms with E-state index in [2.05, 4.69) is 10.6 Å². The summed E-state index contributed by atoms with van der Waals surface area (Å²) in [5.41, 5.74) is 1.76. The van der Waals surface area contributed by atoms with Crippen molar-refractivity contribution in [3.05, 3.63) is 29.8 Å². The smallest absolute Gasteiger partial charge is 0.243 e. The van der Waals surface area contributed by atoms with Crippen LogP contribution in [-0.2, 0) is 19.1 Å². The fourth-order valence-corrected chi connectivity index (χ4v) is 2.08. The summed E-state index contributed by atoms with van der Waals surface area (Å²) in [6, 6.07) is 7.37. The molecule has 0 bridgehead atoms. The average Bonchev–Trinajstić information content (AvgIpc) is 2.58. The summed E-state index contributed by atoms with van der Waals surface area (Å²) >= 11 is 0. The van der Waals surface area contributed by atoms with Crippen molar-refractivity contribution in [3.8, 4) is 0 Å². The molecular formula is C18H27N3O4. The highest BCUT2D eigenvalue weighted by molar-refractivity contribution is 5.95. The van der Waals surface area contributed by atoms with Gasteiger partial charge < -0.3 is 20.3 Å². The predicted octanol–water partition coefficient (Wildman–Crippen LogP) is 1.18. The van der Waals surface area contributed by atoms with Crippen LogP contribution in [0.5, 0.6) is 0 Å². The molecule has 0 spiro atoms. The number of aryl methyl sites for hydroxylation is 1. The molecule has 0 atom stereocenters. The molecule has 0 radical (unpaired) electrons. The van der Waals surface area contributed by atoms with Gasteiger partial charge in [0.05, 0.1) is 19.7 Å². The van der Waals surface area contributed by atoms with E-state index in [-0.39, 0.29) is 36.7 Å². The molecule has 0 fully saturated rings. The summed E-state index contributed by atoms with van der Waals surface area (Å²) in [5, 5.41) is 5.23. The molecule has 1 aromatic carbocycles. The number of carbonyl (C=O) groups is 3. The molecule has 0 aliphatic heterocycles. The molecule has 1 aromatic rings. The first kappa shape index (κ1) is 20.6. The monoisotopic (exact) mass is 349 g/mol. The summed E-state index contributed by atoms with van der Waals surface area (Å²) in [6.07, 6.45) is 0. The lowest BCUT2D eigenvalue weighted by Gasteiger charge is -2.23. The van der Waals surface area contributed by atoms with Gasteiger partial charge in [-0.25, -0.2) is 0 Å². The fourth-order valence-electron chi connectivity index (χ4n) is 2.08. The Morgan fingerprint density at radius 1 is 1.12 bits per heavy atom. The number of carbonyl (C=O) groups excluding carboxylic acids is 3. The van der Waals surface area contributed by atoms with Crippen LogP contribution < -0.4 is 10.6 Å². The maximum absolute atomic E-state index is 12.1. The number of nitrogens with one attached hydrogen (secondary N) is 2. The van der Waals surface area contributed by atoms with Crippen LogP contribution >= 0.6 is 0 Å². The van der Waals surface area contributed by atoms with E-state index in [0.717, 1.165) is 5.56 Å². The van der Waals surface area contributed by atoms with E-state index in [1.807, 2.05) is 19.1 Å². The lowest BCUT2D eigenvalue weighted by molar-refractivity contribution is -0.139. The first-order chi connectivity index (χ1) is 11.8. The third-order valence-electron chi connectivity index (χ3n) is 3.49. The van der Waals surface area contributed by atoms with E-state index in [9.17, 15) is 14.4 Å². The van der Waals surface area contributed by atoms with Gasteiger partial charge in [-0.05, 0) is 19.1 Å². The van der Waals surface area contributed by atoms with Gasteiger partial charge in [0.15, 0.2) is 0 Å². The van der Waals surface area contributed by atoms with Gasteiger partial charge >= 0.3 is 0 Å². The Hall–Kier alpha value is -2.41. The zero-order valence-electron chi connectivity index (χ0n) is 15.3. The Balaban J connectivity index is 2.46. The number of anilines is 1. The Morgan fingerprint density at radius 2 is 1.76 bits per heavy atom. The normalized spacial score (nSPS) is 10.4. The molecule has 25 heavy (non-hydrogen) atoms. The molecule has 0 heterocycles. The first-order valence-corrected chi connectivity index (χ1v) is 8.24. The topological polar surface area (TPSA) is 87.7 Å². The minimum atomic E-state index is -0.385. The maximum Gasteiger partial charge on any atom is 0.243 e. The van der Waals surface area contributed by atoms with Crippen molar-refractivity contribution < 1.29 is 19.1 Å². The molecule has 138 valence electrons. The second kappa shape index (κ2) is 10.5. The van der Waals surface area contributed by atoms with E-state index >= 15 is 0 Å². The summed E-state index contributed by atoms with van der Waals surface area (Å²) in [4.78, 5) is 37.4. The second-order valence-electron chi connectivity index (χ2n) is 6.10. The van der Waals surface area contributed by atoms with Gasteiger partial charge in [0.25, 0.3) is 0 Å². The molecule has 1 rings (SSSR count). The largest absolute Gasteiger partial charge is 0.383 e. The molecule has 0 aliphatic rings. The van der Waals surface area contributed by atoms with Gasteiger partial charge in [0, 0.05) is 25.3 Å². The zero-order valence-corrected chi connectivity index (χ0v) is 15.3. The molecule has 7 heteroatoms. The minimum absolute atomic E-state index is 0.0990. The summed E-state index contributed by atoms with van der Waals surface area (Å²) in [6.45, 7) is 5.93. The van der Waals surface area contributed by atoms with Gasteiger partial charge in [0.1, 0.15) is 0 Å². The van der Waals surface area contributed by atoms with Crippen LogP contribution in [0.4, 0.5) is 5.69 Å². The standard InChI is InChI=1S/C18H27N3O4/c1-13(2)18(24)21(9-10-25-4)12-17(23)19-11-16(22)20-15-7-5-14(3)6-8-15/h5-8,13H,9-12H2,1-4H3,(H,19,23)(H,20,22). The van der Waals surface area contributed by atoms with Crippen LogP contribution in [0.15, 0.2) is 24.3 Å². The predicted molar refractivity (Wildman–Crippen MR) is 96.1 cm³/mol. The summed E-state index contributed by atoms with van der Waals surface area (Å²) in [5.74, 6) is -1.05. The zero-order chi connectivity index (χ0) is 18.8. The van der Waals surface area contributed by atoms with Crippen LogP contribution in [0, 0.1) is 12.8 Å². The number of benzene rings is 1. The molecule has 0 aromatic heterocycles. The van der Waals surface area contributed by atoms with Gasteiger partial charge in [-0.1, -0.05) is 31.5 Å². The van der Waals surface area contributed by atoms with Crippen LogP contribution in [0.3, 0.4) is 0 Å². The quantitative estimate of drug-likeness (QED) is 0.701. The maximum atomic E-state index is 12.1. The van der Waals surface area contributed by atoms with Crippen LogP contribution in [0.1, 0.15) is 19.4 Å². The van der Waals surface area contributed by atoms with Crippen molar-refractivity contribution in [2.75, 3.05) is 38.7 Å². The fraction of sp³-hybridized carbons (Fsp3) is 0.500. The lowest BCUT2D eigenvalue weighted by Crippen LogP contribution is -2.45. The summed E-state index contributed by atoms with van der Waals surface area (Å²) < 4.78 is 4.97. The number of amides is 3. The van der Waals surface area contributed by atoms with Gasteiger partial charge in [-0.2, -0.15) is 0 Å². The van der Waals surface area contributed by atoms with Crippen molar-refractivity contribution in [1.82, 2.24) is 10.2 Å². The minimum Gasteiger partial charge on any atom is -0.383 e. The number of methoxy groups -OCH3 is 1. The molecule has 0 saturated heterocycles. The van der Waals surface area contributed by atoms with E-state index in [0.29, 0.717) is 18.8 Å². The lowest BCUT2D eigenvalue weighted by atomic mass is 10.2. The van der Waals surface area contributed by atoms with Crippen LogP contribution in [0.2, 0.25) is 0 Å². The molecule has 7 nitrogen and oxygen atoms in total. The number of nitrogens with zero attached hydrogens (tertiary/aromatic N) is 1. The van der Waals surface area contributed by atoms with Crippen molar-refractivity contribution in [3.63, 3.8) is 0 Å². The number of hydrogen-bond acceptors (Lipinski definition) is 4. The van der Waals surface area contributed by atoms with Crippen LogP contribution in [0.25, 0.3) is 0 Å². The van der Waals surface area contributed by atoms with E-state index in [1.165, 1.54) is 12.0 Å². The molecule has 0 saturated carbocycles. The highest BCUT2D eigenvalue weighted by atomic mass is 16.5. The third-order valence-corrected chi connectivity index (χ3v) is 3.49. The summed E-state index contributed by atoms with van der Waals surface area (Å²) in [7, 11) is 1.54. The molecule has 0 aliphatic carbocycles. The Kier molecular flexibility index (Phi) is 8.63. The van der Waals surface area contributed by atoms with Crippen molar-refractivity contribution in [2.24, 2.45) is 5.92 Å². The number of hydrogen-bond donors (Lipinski definition) is 2. The van der Waals surface area contributed by atoms with E-state index in [1.54, 1.807) is 26.0 Å². The highest BCUT2D eigenvalue weighted by Gasteiger charge is 2.19. The Bertz CT molecular complexity index is 584. The molecule has 0 unspecified atom stereocenters. The van der Waals surface area contributed by atoms with Crippen molar-refractivity contribution in [1.29, 1.82) is 0 Å². The van der Waals surface area contributed by atoms with Crippen LogP contribution in [-0.4, -0.2) is 56.0 Å². The van der Waals surface area contributed by atoms with Gasteiger partial charge in [-0.3, -0.25) is 14.4 Å². The number of rotatable bonds is 9. The molecule has 3 amide bonds. The van der Waals surface area contributed by atoms with Crippen molar-refractivity contribution >= 4 is 23.4 Å².